The molecule has 0 aliphatic carbocycles. The van der Waals surface area contributed by atoms with Gasteiger partial charge in [0.25, 0.3) is 0 Å². The number of halogens is 1. The summed E-state index contributed by atoms with van der Waals surface area (Å²) in [6.45, 7) is 9.22. The summed E-state index contributed by atoms with van der Waals surface area (Å²) in [4.78, 5) is 40.1. The van der Waals surface area contributed by atoms with Crippen LogP contribution in [-0.4, -0.2) is 41.0 Å². The van der Waals surface area contributed by atoms with E-state index in [1.165, 1.54) is 0 Å². The first kappa shape index (κ1) is 24.2. The van der Waals surface area contributed by atoms with Gasteiger partial charge in [-0.15, -0.1) is 0 Å². The third-order valence-corrected chi connectivity index (χ3v) is 5.35. The summed E-state index contributed by atoms with van der Waals surface area (Å²) in [7, 11) is 0. The molecule has 6 nitrogen and oxygen atoms in total. The van der Waals surface area contributed by atoms with Crippen molar-refractivity contribution in [2.45, 2.75) is 78.0 Å². The molecule has 1 aromatic carbocycles. The molecule has 30 heavy (non-hydrogen) atoms. The molecule has 0 spiro atoms. The molecule has 166 valence electrons. The number of carbonyl (C=O) groups excluding carboxylic acids is 3. The maximum Gasteiger partial charge on any atom is 0.328 e. The first-order valence-electron chi connectivity index (χ1n) is 10.5. The lowest BCUT2D eigenvalue weighted by molar-refractivity contribution is -0.165. The van der Waals surface area contributed by atoms with Crippen LogP contribution in [0.4, 0.5) is 0 Å². The fourth-order valence-corrected chi connectivity index (χ4v) is 3.98. The van der Waals surface area contributed by atoms with E-state index in [1.807, 2.05) is 19.1 Å². The predicted octanol–water partition coefficient (Wildman–Crippen LogP) is 4.69. The Balaban J connectivity index is 2.32. The number of hydrogen-bond donors (Lipinski definition) is 0. The molecule has 1 saturated heterocycles. The third kappa shape index (κ3) is 6.21. The van der Waals surface area contributed by atoms with E-state index in [0.717, 1.165) is 5.56 Å². The molecule has 0 saturated carbocycles. The molecule has 0 unspecified atom stereocenters. The van der Waals surface area contributed by atoms with Crippen molar-refractivity contribution in [2.24, 2.45) is 5.92 Å². The Kier molecular flexibility index (Phi) is 8.30. The highest BCUT2D eigenvalue weighted by molar-refractivity contribution is 6.30. The molecule has 0 bridgehead atoms. The third-order valence-electron chi connectivity index (χ3n) is 5.10. The van der Waals surface area contributed by atoms with Crippen LogP contribution in [-0.2, 0) is 23.9 Å². The van der Waals surface area contributed by atoms with Gasteiger partial charge in [0.05, 0.1) is 19.1 Å². The molecule has 1 fully saturated rings. The Labute approximate surface area is 183 Å². The van der Waals surface area contributed by atoms with E-state index in [-0.39, 0.29) is 25.0 Å². The number of hydrogen-bond acceptors (Lipinski definition) is 5. The topological polar surface area (TPSA) is 72.9 Å². The van der Waals surface area contributed by atoms with Crippen LogP contribution in [0.2, 0.25) is 5.02 Å². The van der Waals surface area contributed by atoms with Crippen LogP contribution >= 0.6 is 11.6 Å². The highest BCUT2D eigenvalue weighted by Gasteiger charge is 2.43. The first-order chi connectivity index (χ1) is 14.1. The number of rotatable bonds is 7. The Morgan fingerprint density at radius 2 is 1.80 bits per heavy atom. The standard InChI is InChI=1S/C23H32ClNO5/c1-6-18(22(28)29-7-2)25-19(15-8-11-17(24)12-9-15)13-10-16(21(25)27)14-20(26)30-23(3,4)5/h8-9,11-12,16,18-19H,6-7,10,13-14H2,1-5H3/t16-,18+,19+/m1/s1. The summed E-state index contributed by atoms with van der Waals surface area (Å²) in [6, 6.07) is 6.31. The van der Waals surface area contributed by atoms with Crippen LogP contribution < -0.4 is 0 Å². The van der Waals surface area contributed by atoms with E-state index in [2.05, 4.69) is 0 Å². The summed E-state index contributed by atoms with van der Waals surface area (Å²) < 4.78 is 10.6. The lowest BCUT2D eigenvalue weighted by Crippen LogP contribution is -2.52. The molecule has 1 aliphatic heterocycles. The molecule has 3 atom stereocenters. The van der Waals surface area contributed by atoms with Gasteiger partial charge in [0.2, 0.25) is 5.91 Å². The van der Waals surface area contributed by atoms with Gasteiger partial charge in [-0.2, -0.15) is 0 Å². The molecule has 7 heteroatoms. The van der Waals surface area contributed by atoms with Crippen LogP contribution in [0.15, 0.2) is 24.3 Å². The highest BCUT2D eigenvalue weighted by atomic mass is 35.5. The second-order valence-corrected chi connectivity index (χ2v) is 8.99. The van der Waals surface area contributed by atoms with E-state index in [4.69, 9.17) is 21.1 Å². The number of piperidine rings is 1. The largest absolute Gasteiger partial charge is 0.464 e. The van der Waals surface area contributed by atoms with Gasteiger partial charge in [-0.05, 0) is 64.7 Å². The van der Waals surface area contributed by atoms with Gasteiger partial charge in [-0.3, -0.25) is 9.59 Å². The lowest BCUT2D eigenvalue weighted by atomic mass is 9.85. The normalized spacial score (nSPS) is 20.6. The number of benzene rings is 1. The minimum absolute atomic E-state index is 0.000793. The lowest BCUT2D eigenvalue weighted by Gasteiger charge is -2.43. The van der Waals surface area contributed by atoms with Gasteiger partial charge in [-0.25, -0.2) is 4.79 Å². The van der Waals surface area contributed by atoms with Crippen molar-refractivity contribution >= 4 is 29.4 Å². The smallest absolute Gasteiger partial charge is 0.328 e. The van der Waals surface area contributed by atoms with Crippen LogP contribution in [0.5, 0.6) is 0 Å². The number of likely N-dealkylation sites (tertiary alicyclic amines) is 1. The Bertz CT molecular complexity index is 756. The van der Waals surface area contributed by atoms with E-state index in [1.54, 1.807) is 44.7 Å². The zero-order valence-corrected chi connectivity index (χ0v) is 19.2. The van der Waals surface area contributed by atoms with Crippen molar-refractivity contribution in [1.82, 2.24) is 4.90 Å². The first-order valence-corrected chi connectivity index (χ1v) is 10.9. The van der Waals surface area contributed by atoms with Gasteiger partial charge in [0, 0.05) is 10.9 Å². The molecule has 1 aliphatic rings. The van der Waals surface area contributed by atoms with E-state index in [0.29, 0.717) is 24.3 Å². The molecular formula is C23H32ClNO5. The monoisotopic (exact) mass is 437 g/mol. The molecule has 0 N–H and O–H groups in total. The molecule has 0 radical (unpaired) electrons. The molecular weight excluding hydrogens is 406 g/mol. The van der Waals surface area contributed by atoms with Crippen molar-refractivity contribution in [3.8, 4) is 0 Å². The average Bonchev–Trinajstić information content (AvgIpc) is 2.65. The molecule has 1 aromatic rings. The number of esters is 2. The van der Waals surface area contributed by atoms with E-state index >= 15 is 0 Å². The number of carbonyl (C=O) groups is 3. The van der Waals surface area contributed by atoms with Gasteiger partial charge in [0.1, 0.15) is 11.6 Å². The minimum atomic E-state index is -0.709. The Hall–Kier alpha value is -2.08. The molecule has 1 amide bonds. The Morgan fingerprint density at radius 1 is 1.17 bits per heavy atom. The summed E-state index contributed by atoms with van der Waals surface area (Å²) in [6.07, 6.45) is 1.60. The summed E-state index contributed by atoms with van der Waals surface area (Å²) in [5.41, 5.74) is 0.295. The van der Waals surface area contributed by atoms with Crippen molar-refractivity contribution in [3.63, 3.8) is 0 Å². The second-order valence-electron chi connectivity index (χ2n) is 8.55. The van der Waals surface area contributed by atoms with Gasteiger partial charge in [-0.1, -0.05) is 30.7 Å². The molecule has 0 aromatic heterocycles. The van der Waals surface area contributed by atoms with Crippen molar-refractivity contribution in [3.05, 3.63) is 34.9 Å². The van der Waals surface area contributed by atoms with Gasteiger partial charge in [0.15, 0.2) is 0 Å². The zero-order chi connectivity index (χ0) is 22.5. The van der Waals surface area contributed by atoms with Crippen molar-refractivity contribution in [1.29, 1.82) is 0 Å². The van der Waals surface area contributed by atoms with Crippen LogP contribution in [0.3, 0.4) is 0 Å². The van der Waals surface area contributed by atoms with E-state index < -0.39 is 29.5 Å². The number of ether oxygens (including phenoxy) is 2. The summed E-state index contributed by atoms with van der Waals surface area (Å²) in [5.74, 6) is -1.57. The minimum Gasteiger partial charge on any atom is -0.464 e. The number of nitrogens with zero attached hydrogens (tertiary/aromatic N) is 1. The van der Waals surface area contributed by atoms with Crippen LogP contribution in [0, 0.1) is 5.92 Å². The second kappa shape index (κ2) is 10.3. The highest BCUT2D eigenvalue weighted by Crippen LogP contribution is 2.38. The van der Waals surface area contributed by atoms with Gasteiger partial charge < -0.3 is 14.4 Å². The molecule has 2 rings (SSSR count). The SMILES string of the molecule is CCOC(=O)[C@H](CC)N1C(=O)[C@@H](CC(=O)OC(C)(C)C)CC[C@H]1c1ccc(Cl)cc1. The maximum absolute atomic E-state index is 13.5. The van der Waals surface area contributed by atoms with Crippen LogP contribution in [0.1, 0.15) is 71.9 Å². The maximum atomic E-state index is 13.5. The zero-order valence-electron chi connectivity index (χ0n) is 18.4. The average molecular weight is 438 g/mol. The molecule has 1 heterocycles. The quantitative estimate of drug-likeness (QED) is 0.578. The van der Waals surface area contributed by atoms with Crippen molar-refractivity contribution < 1.29 is 23.9 Å². The fraction of sp³-hybridized carbons (Fsp3) is 0.609. The summed E-state index contributed by atoms with van der Waals surface area (Å²) >= 11 is 6.02. The summed E-state index contributed by atoms with van der Waals surface area (Å²) in [5, 5.41) is 0.604. The van der Waals surface area contributed by atoms with Crippen LogP contribution in [0.25, 0.3) is 0 Å². The van der Waals surface area contributed by atoms with E-state index in [9.17, 15) is 14.4 Å². The number of amides is 1. The Morgan fingerprint density at radius 3 is 2.33 bits per heavy atom. The van der Waals surface area contributed by atoms with Gasteiger partial charge >= 0.3 is 11.9 Å². The fourth-order valence-electron chi connectivity index (χ4n) is 3.86. The van der Waals surface area contributed by atoms with Crippen molar-refractivity contribution in [2.75, 3.05) is 6.61 Å². The predicted molar refractivity (Wildman–Crippen MR) is 115 cm³/mol.